The fraction of sp³-hybridized carbons (Fsp3) is 0.565. The number of nitrogens with zero attached hydrogens (tertiary/aromatic N) is 5. The summed E-state index contributed by atoms with van der Waals surface area (Å²) >= 11 is 6.67. The van der Waals surface area contributed by atoms with Gasteiger partial charge in [-0.3, -0.25) is 14.5 Å². The number of nitrogens with two attached hydrogens (primary N) is 1. The van der Waals surface area contributed by atoms with Gasteiger partial charge < -0.3 is 20.7 Å². The number of halogens is 1. The van der Waals surface area contributed by atoms with E-state index in [1.54, 1.807) is 23.9 Å². The zero-order valence-electron chi connectivity index (χ0n) is 19.3. The quantitative estimate of drug-likeness (QED) is 0.514. The van der Waals surface area contributed by atoms with E-state index in [-0.39, 0.29) is 23.1 Å². The van der Waals surface area contributed by atoms with Crippen LogP contribution in [0.2, 0.25) is 5.02 Å². The third-order valence-corrected chi connectivity index (χ3v) is 8.12. The van der Waals surface area contributed by atoms with Gasteiger partial charge in [-0.05, 0) is 38.7 Å². The second kappa shape index (κ2) is 7.93. The average Bonchev–Trinajstić information content (AvgIpc) is 3.50. The number of rotatable bonds is 4. The maximum absolute atomic E-state index is 13.5. The van der Waals surface area contributed by atoms with Crippen molar-refractivity contribution in [1.82, 2.24) is 24.7 Å². The lowest BCUT2D eigenvalue weighted by Gasteiger charge is -2.41. The van der Waals surface area contributed by atoms with Crippen molar-refractivity contribution in [2.75, 3.05) is 29.9 Å². The molecule has 11 heteroatoms. The van der Waals surface area contributed by atoms with Crippen LogP contribution in [-0.4, -0.2) is 62.6 Å². The van der Waals surface area contributed by atoms with Crippen LogP contribution in [0.1, 0.15) is 32.6 Å². The molecular weight excluding hydrogens is 456 g/mol. The van der Waals surface area contributed by atoms with Crippen LogP contribution in [0, 0.1) is 5.41 Å². The maximum atomic E-state index is 13.5. The van der Waals surface area contributed by atoms with Crippen molar-refractivity contribution < 1.29 is 4.74 Å². The molecular formula is C23H29ClN8O2. The van der Waals surface area contributed by atoms with Gasteiger partial charge in [-0.15, -0.1) is 0 Å². The molecule has 180 valence electrons. The molecule has 3 aromatic rings. The van der Waals surface area contributed by atoms with Crippen LogP contribution < -0.4 is 21.5 Å². The van der Waals surface area contributed by atoms with Gasteiger partial charge in [0, 0.05) is 49.4 Å². The van der Waals surface area contributed by atoms with Crippen molar-refractivity contribution in [2.45, 2.75) is 50.8 Å². The average molecular weight is 485 g/mol. The standard InChI is InChI=1S/C23H29ClN8O2/c1-12-18(25)23(11-34-12)6-9-32(10-7-23)22-28-19-15(21(33)31(22)2)17(29-30-19)14-5-8-26-20(16(14)24)27-13-3-4-13/h5,8,12-13,18H,3-4,6-7,9-11,25H2,1-2H3,(H,26,27)(H,29,30). The molecule has 1 aliphatic carbocycles. The topological polar surface area (TPSA) is 127 Å². The van der Waals surface area contributed by atoms with E-state index >= 15 is 0 Å². The predicted octanol–water partition coefficient (Wildman–Crippen LogP) is 2.28. The summed E-state index contributed by atoms with van der Waals surface area (Å²) in [5, 5.41) is 11.6. The molecule has 6 rings (SSSR count). The van der Waals surface area contributed by atoms with E-state index in [9.17, 15) is 4.79 Å². The molecule has 1 spiro atoms. The van der Waals surface area contributed by atoms with Crippen molar-refractivity contribution in [3.8, 4) is 11.3 Å². The fourth-order valence-electron chi connectivity index (χ4n) is 5.31. The Hall–Kier alpha value is -2.69. The highest BCUT2D eigenvalue weighted by Crippen LogP contribution is 2.42. The van der Waals surface area contributed by atoms with Gasteiger partial charge in [0.15, 0.2) is 5.65 Å². The number of aromatic amines is 1. The first-order valence-corrected chi connectivity index (χ1v) is 12.2. The minimum absolute atomic E-state index is 0.00267. The number of nitrogens with one attached hydrogen (secondary N) is 2. The van der Waals surface area contributed by atoms with Gasteiger partial charge in [0.25, 0.3) is 5.56 Å². The van der Waals surface area contributed by atoms with Crippen molar-refractivity contribution >= 4 is 34.4 Å². The third-order valence-electron chi connectivity index (χ3n) is 7.74. The summed E-state index contributed by atoms with van der Waals surface area (Å²) in [5.74, 6) is 1.24. The van der Waals surface area contributed by atoms with Crippen molar-refractivity contribution in [3.05, 3.63) is 27.6 Å². The number of pyridine rings is 1. The van der Waals surface area contributed by atoms with Gasteiger partial charge in [0.05, 0.1) is 23.4 Å². The molecule has 0 aromatic carbocycles. The molecule has 3 fully saturated rings. The molecule has 2 unspecified atom stereocenters. The summed E-state index contributed by atoms with van der Waals surface area (Å²) in [4.78, 5) is 24.8. The smallest absolute Gasteiger partial charge is 0.266 e. The highest BCUT2D eigenvalue weighted by molar-refractivity contribution is 6.36. The van der Waals surface area contributed by atoms with Gasteiger partial charge in [0.1, 0.15) is 11.2 Å². The molecule has 0 radical (unpaired) electrons. The van der Waals surface area contributed by atoms with E-state index in [1.165, 1.54) is 0 Å². The first-order valence-electron chi connectivity index (χ1n) is 11.9. The molecule has 5 heterocycles. The van der Waals surface area contributed by atoms with Crippen LogP contribution in [-0.2, 0) is 11.8 Å². The first-order chi connectivity index (χ1) is 16.4. The number of H-pyrrole nitrogens is 1. The van der Waals surface area contributed by atoms with Gasteiger partial charge in [0.2, 0.25) is 5.95 Å². The molecule has 0 bridgehead atoms. The summed E-state index contributed by atoms with van der Waals surface area (Å²) in [7, 11) is 1.76. The summed E-state index contributed by atoms with van der Waals surface area (Å²) in [6, 6.07) is 2.24. The number of anilines is 2. The van der Waals surface area contributed by atoms with Gasteiger partial charge in [-0.2, -0.15) is 10.1 Å². The van der Waals surface area contributed by atoms with Crippen molar-refractivity contribution in [1.29, 1.82) is 0 Å². The second-order valence-electron chi connectivity index (χ2n) is 9.90. The zero-order chi connectivity index (χ0) is 23.6. The van der Waals surface area contributed by atoms with Gasteiger partial charge in [-0.1, -0.05) is 11.6 Å². The Labute approximate surface area is 201 Å². The van der Waals surface area contributed by atoms with Gasteiger partial charge in [-0.25, -0.2) is 4.98 Å². The fourth-order valence-corrected chi connectivity index (χ4v) is 5.57. The van der Waals surface area contributed by atoms with Gasteiger partial charge >= 0.3 is 0 Å². The largest absolute Gasteiger partial charge is 0.376 e. The summed E-state index contributed by atoms with van der Waals surface area (Å²) in [6.45, 7) is 4.26. The van der Waals surface area contributed by atoms with E-state index in [1.807, 2.05) is 6.92 Å². The Bertz CT molecular complexity index is 1310. The molecule has 34 heavy (non-hydrogen) atoms. The molecule has 3 aromatic heterocycles. The Morgan fingerprint density at radius 2 is 2.09 bits per heavy atom. The highest BCUT2D eigenvalue weighted by Gasteiger charge is 2.47. The van der Waals surface area contributed by atoms with Crippen LogP contribution in [0.5, 0.6) is 0 Å². The highest BCUT2D eigenvalue weighted by atomic mass is 35.5. The number of ether oxygens (including phenoxy) is 1. The molecule has 4 N–H and O–H groups in total. The van der Waals surface area contributed by atoms with Crippen molar-refractivity contribution in [3.63, 3.8) is 0 Å². The van der Waals surface area contributed by atoms with E-state index < -0.39 is 0 Å². The summed E-state index contributed by atoms with van der Waals surface area (Å²) < 4.78 is 7.44. The SMILES string of the molecule is CC1OCC2(CCN(c3nc4n[nH]c(-c5ccnc(NC6CC6)c5Cl)c4c(=O)n3C)CC2)C1N. The second-order valence-corrected chi connectivity index (χ2v) is 10.3. The van der Waals surface area contributed by atoms with Crippen LogP contribution >= 0.6 is 11.6 Å². The van der Waals surface area contributed by atoms with E-state index in [0.717, 1.165) is 38.8 Å². The van der Waals surface area contributed by atoms with E-state index in [4.69, 9.17) is 27.1 Å². The zero-order valence-corrected chi connectivity index (χ0v) is 20.1. The van der Waals surface area contributed by atoms with Crippen LogP contribution in [0.3, 0.4) is 0 Å². The Morgan fingerprint density at radius 1 is 1.32 bits per heavy atom. The van der Waals surface area contributed by atoms with E-state index in [2.05, 4.69) is 25.4 Å². The Balaban J connectivity index is 1.33. The third kappa shape index (κ3) is 3.38. The van der Waals surface area contributed by atoms with E-state index in [0.29, 0.717) is 51.7 Å². The minimum atomic E-state index is -0.164. The summed E-state index contributed by atoms with van der Waals surface area (Å²) in [6.07, 6.45) is 5.79. The first kappa shape index (κ1) is 21.8. The lowest BCUT2D eigenvalue weighted by atomic mass is 9.73. The Kier molecular flexibility index (Phi) is 5.09. The molecule has 1 saturated carbocycles. The maximum Gasteiger partial charge on any atom is 0.266 e. The molecule has 10 nitrogen and oxygen atoms in total. The lowest BCUT2D eigenvalue weighted by Crippen LogP contribution is -2.51. The number of fused-ring (bicyclic) bond motifs is 1. The number of piperidine rings is 1. The molecule has 2 atom stereocenters. The van der Waals surface area contributed by atoms with Crippen LogP contribution in [0.4, 0.5) is 11.8 Å². The normalized spacial score (nSPS) is 24.3. The minimum Gasteiger partial charge on any atom is -0.376 e. The van der Waals surface area contributed by atoms with Crippen LogP contribution in [0.25, 0.3) is 22.3 Å². The molecule has 3 aliphatic rings. The number of hydrogen-bond donors (Lipinski definition) is 3. The predicted molar refractivity (Wildman–Crippen MR) is 131 cm³/mol. The number of hydrogen-bond acceptors (Lipinski definition) is 8. The molecule has 0 amide bonds. The molecule has 2 aliphatic heterocycles. The van der Waals surface area contributed by atoms with Crippen LogP contribution in [0.15, 0.2) is 17.1 Å². The monoisotopic (exact) mass is 484 g/mol. The lowest BCUT2D eigenvalue weighted by molar-refractivity contribution is 0.0973. The Morgan fingerprint density at radius 3 is 2.76 bits per heavy atom. The molecule has 2 saturated heterocycles. The van der Waals surface area contributed by atoms with Crippen molar-refractivity contribution in [2.24, 2.45) is 18.2 Å². The number of aromatic nitrogens is 5. The summed E-state index contributed by atoms with van der Waals surface area (Å²) in [5.41, 5.74) is 7.92.